The predicted octanol–water partition coefficient (Wildman–Crippen LogP) is 3.23. The van der Waals surface area contributed by atoms with E-state index >= 15 is 0 Å². The second-order valence-corrected chi connectivity index (χ2v) is 7.82. The first-order valence-corrected chi connectivity index (χ1v) is 8.65. The lowest BCUT2D eigenvalue weighted by Crippen LogP contribution is -2.54. The van der Waals surface area contributed by atoms with Crippen molar-refractivity contribution in [1.82, 2.24) is 14.5 Å². The Bertz CT molecular complexity index is 1130. The minimum Gasteiger partial charge on any atom is -0.508 e. The molecule has 7 rings (SSSR count). The van der Waals surface area contributed by atoms with Crippen molar-refractivity contribution >= 4 is 28.5 Å². The average Bonchev–Trinajstić information content (AvgIpc) is 3.11. The fraction of sp³-hybridized carbons (Fsp3) is 0.263. The zero-order valence-electron chi connectivity index (χ0n) is 13.5. The van der Waals surface area contributed by atoms with E-state index in [4.69, 9.17) is 16.6 Å². The highest BCUT2D eigenvalue weighted by Gasteiger charge is 2.72. The van der Waals surface area contributed by atoms with Gasteiger partial charge in [0.1, 0.15) is 17.1 Å². The Morgan fingerprint density at radius 1 is 1.20 bits per heavy atom. The Morgan fingerprint density at radius 2 is 2.00 bits per heavy atom. The van der Waals surface area contributed by atoms with Gasteiger partial charge < -0.3 is 14.6 Å². The van der Waals surface area contributed by atoms with Crippen LogP contribution in [-0.4, -0.2) is 32.5 Å². The number of benzene rings is 2. The van der Waals surface area contributed by atoms with Crippen molar-refractivity contribution in [3.63, 3.8) is 0 Å². The molecule has 1 N–H and O–H groups in total. The van der Waals surface area contributed by atoms with Gasteiger partial charge in [0.25, 0.3) is 5.91 Å². The Kier molecular flexibility index (Phi) is 2.10. The number of fused-ring (bicyclic) bond motifs is 2. The lowest BCUT2D eigenvalue weighted by molar-refractivity contribution is 0.0104. The third-order valence-electron chi connectivity index (χ3n) is 6.32. The number of hydrogen-bond donors (Lipinski definition) is 1. The lowest BCUT2D eigenvalue weighted by Gasteiger charge is -2.48. The normalized spacial score (nSPS) is 28.6. The average molecular weight is 352 g/mol. The summed E-state index contributed by atoms with van der Waals surface area (Å²) in [5, 5.41) is 11.3. The summed E-state index contributed by atoms with van der Waals surface area (Å²) in [5.41, 5.74) is 2.28. The van der Waals surface area contributed by atoms with Crippen LogP contribution in [0.4, 0.5) is 0 Å². The molecule has 124 valence electrons. The van der Waals surface area contributed by atoms with E-state index in [2.05, 4.69) is 4.57 Å². The Labute approximate surface area is 148 Å². The standard InChI is InChI=1S/C19H14ClN3O2/c1-22-16(25)11-3-2-4-14(24)15(11)18-8-19(22,9-18)17-21-12-6-5-10(20)7-13(12)23(17)18/h2-7,24H,8-9H2,1H3. The molecule has 1 saturated carbocycles. The van der Waals surface area contributed by atoms with Crippen LogP contribution in [0.1, 0.15) is 34.6 Å². The SMILES string of the molecule is CN1C(=O)c2cccc(O)c2C23CC1(C2)c1nc2ccc(Cl)cc2n13. The number of halogens is 1. The number of carbonyl (C=O) groups excluding carboxylic acids is 1. The van der Waals surface area contributed by atoms with Crippen molar-refractivity contribution in [3.8, 4) is 5.75 Å². The third kappa shape index (κ3) is 1.26. The topological polar surface area (TPSA) is 58.4 Å². The van der Waals surface area contributed by atoms with Gasteiger partial charge in [0.2, 0.25) is 0 Å². The van der Waals surface area contributed by atoms with Gasteiger partial charge in [-0.1, -0.05) is 17.7 Å². The molecule has 0 saturated heterocycles. The molecule has 1 aromatic heterocycles. The highest BCUT2D eigenvalue weighted by atomic mass is 35.5. The van der Waals surface area contributed by atoms with E-state index in [0.717, 1.165) is 35.3 Å². The van der Waals surface area contributed by atoms with Crippen molar-refractivity contribution in [2.24, 2.45) is 0 Å². The number of nitrogens with zero attached hydrogens (tertiary/aromatic N) is 3. The quantitative estimate of drug-likeness (QED) is 0.676. The van der Waals surface area contributed by atoms with E-state index in [-0.39, 0.29) is 11.7 Å². The van der Waals surface area contributed by atoms with Crippen LogP contribution in [0.3, 0.4) is 0 Å². The number of phenols is 1. The molecule has 5 nitrogen and oxygen atoms in total. The molecule has 4 aliphatic rings. The monoisotopic (exact) mass is 351 g/mol. The van der Waals surface area contributed by atoms with E-state index < -0.39 is 11.1 Å². The van der Waals surface area contributed by atoms with Gasteiger partial charge in [-0.25, -0.2) is 4.98 Å². The maximum Gasteiger partial charge on any atom is 0.254 e. The molecule has 0 atom stereocenters. The van der Waals surface area contributed by atoms with Crippen molar-refractivity contribution < 1.29 is 9.90 Å². The summed E-state index contributed by atoms with van der Waals surface area (Å²) in [5.74, 6) is 1.02. The van der Waals surface area contributed by atoms with Gasteiger partial charge in [-0.15, -0.1) is 0 Å². The van der Waals surface area contributed by atoms with Gasteiger partial charge in [-0.2, -0.15) is 0 Å². The molecular weight excluding hydrogens is 338 g/mol. The van der Waals surface area contributed by atoms with Crippen molar-refractivity contribution in [3.05, 3.63) is 58.4 Å². The molecule has 0 unspecified atom stereocenters. The summed E-state index contributed by atoms with van der Waals surface area (Å²) in [6.07, 6.45) is 1.50. The first-order valence-electron chi connectivity index (χ1n) is 8.28. The smallest absolute Gasteiger partial charge is 0.254 e. The number of rotatable bonds is 0. The maximum absolute atomic E-state index is 13.0. The molecule has 3 aliphatic heterocycles. The zero-order valence-corrected chi connectivity index (χ0v) is 14.2. The Balaban J connectivity index is 1.80. The molecule has 4 heterocycles. The van der Waals surface area contributed by atoms with Crippen molar-refractivity contribution in [2.45, 2.75) is 23.9 Å². The third-order valence-corrected chi connectivity index (χ3v) is 6.55. The first-order chi connectivity index (χ1) is 12.0. The molecule has 2 aromatic carbocycles. The van der Waals surface area contributed by atoms with Crippen LogP contribution < -0.4 is 0 Å². The largest absolute Gasteiger partial charge is 0.508 e. The highest BCUT2D eigenvalue weighted by Crippen LogP contribution is 2.69. The first kappa shape index (κ1) is 13.7. The minimum absolute atomic E-state index is 0.0541. The van der Waals surface area contributed by atoms with Crippen molar-refractivity contribution in [2.75, 3.05) is 7.05 Å². The van der Waals surface area contributed by atoms with Crippen LogP contribution in [0.5, 0.6) is 5.75 Å². The summed E-state index contributed by atoms with van der Waals surface area (Å²) in [7, 11) is 1.84. The highest BCUT2D eigenvalue weighted by molar-refractivity contribution is 6.31. The van der Waals surface area contributed by atoms with Gasteiger partial charge in [-0.05, 0) is 30.3 Å². The van der Waals surface area contributed by atoms with E-state index in [1.54, 1.807) is 18.2 Å². The Hall–Kier alpha value is -2.53. The van der Waals surface area contributed by atoms with Crippen LogP contribution in [-0.2, 0) is 11.1 Å². The summed E-state index contributed by atoms with van der Waals surface area (Å²) < 4.78 is 2.20. The van der Waals surface area contributed by atoms with Gasteiger partial charge in [0.15, 0.2) is 0 Å². The number of aromatic nitrogens is 2. The summed E-state index contributed by atoms with van der Waals surface area (Å²) >= 11 is 6.24. The molecule has 1 fully saturated rings. The molecule has 25 heavy (non-hydrogen) atoms. The second kappa shape index (κ2) is 3.83. The van der Waals surface area contributed by atoms with E-state index in [0.29, 0.717) is 10.6 Å². The molecular formula is C19H14ClN3O2. The van der Waals surface area contributed by atoms with E-state index in [1.807, 2.05) is 30.1 Å². The molecule has 2 bridgehead atoms. The van der Waals surface area contributed by atoms with Gasteiger partial charge in [-0.3, -0.25) is 4.79 Å². The van der Waals surface area contributed by atoms with Crippen LogP contribution in [0, 0.1) is 0 Å². The molecule has 0 spiro atoms. The number of aromatic hydroxyl groups is 1. The van der Waals surface area contributed by atoms with Crippen LogP contribution >= 0.6 is 11.6 Å². The number of imidazole rings is 1. The van der Waals surface area contributed by atoms with Crippen molar-refractivity contribution in [1.29, 1.82) is 0 Å². The van der Waals surface area contributed by atoms with Gasteiger partial charge in [0, 0.05) is 36.0 Å². The summed E-state index contributed by atoms with van der Waals surface area (Å²) in [4.78, 5) is 19.7. The number of carbonyl (C=O) groups is 1. The fourth-order valence-corrected chi connectivity index (χ4v) is 5.45. The van der Waals surface area contributed by atoms with Gasteiger partial charge >= 0.3 is 0 Å². The van der Waals surface area contributed by atoms with Gasteiger partial charge in [0.05, 0.1) is 16.6 Å². The zero-order chi connectivity index (χ0) is 17.1. The molecule has 1 aliphatic carbocycles. The maximum atomic E-state index is 13.0. The molecule has 3 aromatic rings. The number of amides is 1. The fourth-order valence-electron chi connectivity index (χ4n) is 5.28. The van der Waals surface area contributed by atoms with Crippen LogP contribution in [0.15, 0.2) is 36.4 Å². The van der Waals surface area contributed by atoms with Crippen LogP contribution in [0.25, 0.3) is 11.0 Å². The minimum atomic E-state index is -0.435. The second-order valence-electron chi connectivity index (χ2n) is 7.38. The summed E-state index contributed by atoms with van der Waals surface area (Å²) in [6, 6.07) is 10.9. The molecule has 0 radical (unpaired) electrons. The Morgan fingerprint density at radius 3 is 2.80 bits per heavy atom. The summed E-state index contributed by atoms with van der Waals surface area (Å²) in [6.45, 7) is 0. The molecule has 6 heteroatoms. The molecule has 1 amide bonds. The lowest BCUT2D eigenvalue weighted by atomic mass is 9.63. The van der Waals surface area contributed by atoms with E-state index in [1.165, 1.54) is 0 Å². The van der Waals surface area contributed by atoms with E-state index in [9.17, 15) is 9.90 Å². The predicted molar refractivity (Wildman–Crippen MR) is 92.9 cm³/mol. The van der Waals surface area contributed by atoms with Crippen LogP contribution in [0.2, 0.25) is 5.02 Å². The number of phenolic OH excluding ortho intramolecular Hbond substituents is 1. The number of hydrogen-bond acceptors (Lipinski definition) is 3.